The fourth-order valence-electron chi connectivity index (χ4n) is 2.77. The van der Waals surface area contributed by atoms with E-state index < -0.39 is 4.92 Å². The molecule has 1 heterocycles. The Labute approximate surface area is 149 Å². The molecule has 0 bridgehead atoms. The summed E-state index contributed by atoms with van der Waals surface area (Å²) in [5.74, 6) is 0.542. The number of rotatable bonds is 5. The summed E-state index contributed by atoms with van der Waals surface area (Å²) >= 11 is 0. The number of H-pyrrole nitrogens is 1. The van der Waals surface area contributed by atoms with Gasteiger partial charge in [-0.3, -0.25) is 10.1 Å². The van der Waals surface area contributed by atoms with Crippen LogP contribution < -0.4 is 9.47 Å². The highest BCUT2D eigenvalue weighted by Gasteiger charge is 2.22. The third kappa shape index (κ3) is 2.96. The van der Waals surface area contributed by atoms with E-state index in [1.807, 2.05) is 24.3 Å². The lowest BCUT2D eigenvalue weighted by Gasteiger charge is -2.10. The summed E-state index contributed by atoms with van der Waals surface area (Å²) in [4.78, 5) is 14.1. The highest BCUT2D eigenvalue weighted by atomic mass is 16.6. The summed E-state index contributed by atoms with van der Waals surface area (Å²) in [7, 11) is 2.83. The molecule has 7 nitrogen and oxygen atoms in total. The van der Waals surface area contributed by atoms with E-state index in [1.54, 1.807) is 12.3 Å². The lowest BCUT2D eigenvalue weighted by molar-refractivity contribution is -0.385. The zero-order valence-corrected chi connectivity index (χ0v) is 14.1. The van der Waals surface area contributed by atoms with Gasteiger partial charge in [-0.25, -0.2) is 0 Å². The molecule has 0 aliphatic rings. The molecule has 7 heteroatoms. The quantitative estimate of drug-likeness (QED) is 0.423. The average Bonchev–Trinajstić information content (AvgIpc) is 3.07. The van der Waals surface area contributed by atoms with Gasteiger partial charge in [0.2, 0.25) is 0 Å². The van der Waals surface area contributed by atoms with Crippen molar-refractivity contribution in [1.82, 2.24) is 4.98 Å². The van der Waals surface area contributed by atoms with E-state index in [0.717, 1.165) is 16.5 Å². The lowest BCUT2D eigenvalue weighted by Crippen LogP contribution is -1.98. The van der Waals surface area contributed by atoms with Crippen LogP contribution in [0.5, 0.6) is 11.5 Å². The molecule has 0 amide bonds. The van der Waals surface area contributed by atoms with E-state index in [-0.39, 0.29) is 22.6 Å². The number of nitriles is 1. The number of nitrogens with one attached hydrogen (secondary N) is 1. The molecule has 0 fully saturated rings. The van der Waals surface area contributed by atoms with Crippen LogP contribution in [0.2, 0.25) is 0 Å². The largest absolute Gasteiger partial charge is 0.493 e. The molecule has 26 heavy (non-hydrogen) atoms. The number of hydrogen-bond donors (Lipinski definition) is 1. The van der Waals surface area contributed by atoms with Gasteiger partial charge in [-0.1, -0.05) is 18.2 Å². The Hall–Kier alpha value is -3.79. The predicted octanol–water partition coefficient (Wildman–Crippen LogP) is 4.16. The molecule has 1 aromatic heterocycles. The van der Waals surface area contributed by atoms with Crippen LogP contribution in [0.15, 0.2) is 42.6 Å². The normalized spacial score (nSPS) is 11.2. The molecule has 0 radical (unpaired) electrons. The van der Waals surface area contributed by atoms with Crippen molar-refractivity contribution in [3.05, 3.63) is 63.8 Å². The molecular weight excluding hydrogens is 334 g/mol. The first-order chi connectivity index (χ1) is 12.6. The van der Waals surface area contributed by atoms with Crippen molar-refractivity contribution >= 4 is 28.2 Å². The van der Waals surface area contributed by atoms with Gasteiger partial charge in [-0.2, -0.15) is 5.26 Å². The first-order valence-electron chi connectivity index (χ1n) is 7.67. The maximum atomic E-state index is 11.5. The van der Waals surface area contributed by atoms with Crippen LogP contribution in [0.1, 0.15) is 11.1 Å². The summed E-state index contributed by atoms with van der Waals surface area (Å²) in [6.45, 7) is 0. The second kappa shape index (κ2) is 6.99. The lowest BCUT2D eigenvalue weighted by atomic mass is 10.0. The fourth-order valence-corrected chi connectivity index (χ4v) is 2.77. The number of nitro groups is 1. The summed E-state index contributed by atoms with van der Waals surface area (Å²) in [5.41, 5.74) is 1.78. The van der Waals surface area contributed by atoms with Crippen molar-refractivity contribution in [3.63, 3.8) is 0 Å². The van der Waals surface area contributed by atoms with Gasteiger partial charge in [0.25, 0.3) is 5.69 Å². The number of hydrogen-bond acceptors (Lipinski definition) is 5. The highest BCUT2D eigenvalue weighted by molar-refractivity contribution is 5.99. The van der Waals surface area contributed by atoms with Crippen molar-refractivity contribution in [1.29, 1.82) is 5.26 Å². The van der Waals surface area contributed by atoms with Gasteiger partial charge in [-0.05, 0) is 18.2 Å². The van der Waals surface area contributed by atoms with E-state index in [1.165, 1.54) is 26.4 Å². The van der Waals surface area contributed by atoms with E-state index in [0.29, 0.717) is 5.75 Å². The minimum absolute atomic E-state index is 0.155. The van der Waals surface area contributed by atoms with E-state index >= 15 is 0 Å². The van der Waals surface area contributed by atoms with Crippen LogP contribution >= 0.6 is 0 Å². The number of methoxy groups -OCH3 is 2. The maximum absolute atomic E-state index is 11.5. The third-order valence-corrected chi connectivity index (χ3v) is 4.03. The van der Waals surface area contributed by atoms with Gasteiger partial charge in [0.05, 0.1) is 36.3 Å². The van der Waals surface area contributed by atoms with Gasteiger partial charge < -0.3 is 14.5 Å². The monoisotopic (exact) mass is 349 g/mol. The molecule has 0 aliphatic carbocycles. The maximum Gasteiger partial charge on any atom is 0.281 e. The molecule has 1 N–H and O–H groups in total. The van der Waals surface area contributed by atoms with Crippen molar-refractivity contribution in [2.75, 3.05) is 14.2 Å². The third-order valence-electron chi connectivity index (χ3n) is 4.03. The second-order valence-electron chi connectivity index (χ2n) is 5.44. The number of ether oxygens (including phenoxy) is 2. The highest BCUT2D eigenvalue weighted by Crippen LogP contribution is 2.38. The molecule has 2 aromatic carbocycles. The zero-order valence-electron chi connectivity index (χ0n) is 14.1. The summed E-state index contributed by atoms with van der Waals surface area (Å²) in [6.07, 6.45) is 3.38. The van der Waals surface area contributed by atoms with Crippen molar-refractivity contribution in [3.8, 4) is 17.6 Å². The summed E-state index contributed by atoms with van der Waals surface area (Å²) in [5, 5.41) is 22.0. The SMILES string of the molecule is COc1cc(C(C#N)=Cc2c[nH]c3ccccc23)c([N+](=O)[O-])cc1OC. The minimum Gasteiger partial charge on any atom is -0.493 e. The van der Waals surface area contributed by atoms with Gasteiger partial charge in [0.1, 0.15) is 6.07 Å². The standard InChI is InChI=1S/C19H15N3O4/c1-25-18-8-15(17(22(23)24)9-19(18)26-2)12(10-20)7-13-11-21-16-6-4-3-5-14(13)16/h3-9,11,21H,1-2H3. The van der Waals surface area contributed by atoms with E-state index in [9.17, 15) is 15.4 Å². The Kier molecular flexibility index (Phi) is 4.58. The van der Waals surface area contributed by atoms with Crippen molar-refractivity contribution in [2.45, 2.75) is 0 Å². The van der Waals surface area contributed by atoms with Crippen LogP contribution in [0.4, 0.5) is 5.69 Å². The van der Waals surface area contributed by atoms with Crippen molar-refractivity contribution < 1.29 is 14.4 Å². The van der Waals surface area contributed by atoms with Crippen molar-refractivity contribution in [2.24, 2.45) is 0 Å². The van der Waals surface area contributed by atoms with Gasteiger partial charge >= 0.3 is 0 Å². The summed E-state index contributed by atoms with van der Waals surface area (Å²) < 4.78 is 10.3. The topological polar surface area (TPSA) is 101 Å². The van der Waals surface area contributed by atoms with Gasteiger partial charge in [-0.15, -0.1) is 0 Å². The first-order valence-corrected chi connectivity index (χ1v) is 7.67. The molecule has 0 atom stereocenters. The number of para-hydroxylation sites is 1. The van der Waals surface area contributed by atoms with E-state index in [2.05, 4.69) is 11.1 Å². The Morgan fingerprint density at radius 2 is 1.92 bits per heavy atom. The number of fused-ring (bicyclic) bond motifs is 1. The van der Waals surface area contributed by atoms with Crippen LogP contribution in [0.3, 0.4) is 0 Å². The van der Waals surface area contributed by atoms with Crippen LogP contribution in [0.25, 0.3) is 22.6 Å². The fraction of sp³-hybridized carbons (Fsp3) is 0.105. The molecule has 0 saturated heterocycles. The minimum atomic E-state index is -0.544. The first kappa shape index (κ1) is 17.0. The van der Waals surface area contributed by atoms with Crippen LogP contribution in [0, 0.1) is 21.4 Å². The molecule has 0 unspecified atom stereocenters. The Morgan fingerprint density at radius 1 is 1.23 bits per heavy atom. The second-order valence-corrected chi connectivity index (χ2v) is 5.44. The molecule has 3 aromatic rings. The molecule has 0 aliphatic heterocycles. The summed E-state index contributed by atoms with van der Waals surface area (Å²) in [6, 6.07) is 12.4. The molecule has 3 rings (SSSR count). The molecular formula is C19H15N3O4. The number of benzene rings is 2. The predicted molar refractivity (Wildman–Crippen MR) is 98.0 cm³/mol. The number of allylic oxidation sites excluding steroid dienone is 1. The Morgan fingerprint density at radius 3 is 2.58 bits per heavy atom. The van der Waals surface area contributed by atoms with Gasteiger partial charge in [0, 0.05) is 22.7 Å². The Bertz CT molecular complexity index is 1060. The van der Waals surface area contributed by atoms with Crippen LogP contribution in [-0.4, -0.2) is 24.1 Å². The number of aromatic nitrogens is 1. The molecule has 0 saturated carbocycles. The number of nitro benzene ring substituents is 1. The van der Waals surface area contributed by atoms with Gasteiger partial charge in [0.15, 0.2) is 11.5 Å². The van der Waals surface area contributed by atoms with Crippen LogP contribution in [-0.2, 0) is 0 Å². The molecule has 0 spiro atoms. The number of nitrogens with zero attached hydrogens (tertiary/aromatic N) is 2. The smallest absolute Gasteiger partial charge is 0.281 e. The Balaban J connectivity index is 2.22. The molecule has 130 valence electrons. The average molecular weight is 349 g/mol. The van der Waals surface area contributed by atoms with E-state index in [4.69, 9.17) is 9.47 Å². The number of aromatic amines is 1. The zero-order chi connectivity index (χ0) is 18.7.